The second-order valence-corrected chi connectivity index (χ2v) is 7.09. The van der Waals surface area contributed by atoms with Crippen molar-refractivity contribution in [3.8, 4) is 0 Å². The summed E-state index contributed by atoms with van der Waals surface area (Å²) in [5, 5.41) is 0. The highest BCUT2D eigenvalue weighted by Crippen LogP contribution is 2.45. The van der Waals surface area contributed by atoms with Crippen molar-refractivity contribution >= 4 is 0 Å². The third kappa shape index (κ3) is 2.63. The molecule has 0 spiro atoms. The molecule has 0 heterocycles. The Morgan fingerprint density at radius 2 is 1.19 bits per heavy atom. The van der Waals surface area contributed by atoms with Crippen LogP contribution in [0.4, 0.5) is 0 Å². The Kier molecular flexibility index (Phi) is 3.97. The summed E-state index contributed by atoms with van der Waals surface area (Å²) in [5.41, 5.74) is 0. The smallest absolute Gasteiger partial charge is 0.0357 e. The van der Waals surface area contributed by atoms with Crippen molar-refractivity contribution < 1.29 is 0 Å². The van der Waals surface area contributed by atoms with E-state index in [2.05, 4.69) is 27.7 Å². The molecule has 2 aliphatic rings. The molecule has 2 aliphatic carbocycles. The maximum absolute atomic E-state index is 2.52. The summed E-state index contributed by atoms with van der Waals surface area (Å²) in [4.78, 5) is 0. The van der Waals surface area contributed by atoms with Crippen molar-refractivity contribution in [2.45, 2.75) is 66.2 Å². The second kappa shape index (κ2) is 5.10. The van der Waals surface area contributed by atoms with Gasteiger partial charge in [-0.25, -0.2) is 0 Å². The molecule has 0 N–H and O–H groups in total. The predicted octanol–water partition coefficient (Wildman–Crippen LogP) is 5.13. The van der Waals surface area contributed by atoms with Crippen LogP contribution in [0.3, 0.4) is 0 Å². The highest BCUT2D eigenvalue weighted by Gasteiger charge is 2.36. The Morgan fingerprint density at radius 3 is 1.81 bits per heavy atom. The summed E-state index contributed by atoms with van der Waals surface area (Å²) < 4.78 is 0. The van der Waals surface area contributed by atoms with E-state index in [1.807, 2.05) is 0 Å². The van der Waals surface area contributed by atoms with Crippen molar-refractivity contribution in [1.82, 2.24) is 0 Å². The fraction of sp³-hybridized carbons (Fsp3) is 1.00. The first kappa shape index (κ1) is 12.5. The molecule has 94 valence electrons. The Bertz CT molecular complexity index is 212. The van der Waals surface area contributed by atoms with Gasteiger partial charge in [-0.2, -0.15) is 0 Å². The monoisotopic (exact) mass is 222 g/mol. The molecule has 2 saturated carbocycles. The zero-order valence-corrected chi connectivity index (χ0v) is 11.7. The van der Waals surface area contributed by atoms with Gasteiger partial charge in [-0.15, -0.1) is 0 Å². The largest absolute Gasteiger partial charge is 0.0625 e. The first-order valence-electron chi connectivity index (χ1n) is 7.58. The molecular weight excluding hydrogens is 192 g/mol. The van der Waals surface area contributed by atoms with Crippen LogP contribution in [0.5, 0.6) is 0 Å². The van der Waals surface area contributed by atoms with Gasteiger partial charge in [0.1, 0.15) is 0 Å². The van der Waals surface area contributed by atoms with Crippen molar-refractivity contribution in [2.24, 2.45) is 35.5 Å². The first-order chi connectivity index (χ1) is 7.58. The highest BCUT2D eigenvalue weighted by atomic mass is 14.4. The Morgan fingerprint density at radius 1 is 0.625 bits per heavy atom. The van der Waals surface area contributed by atoms with Crippen molar-refractivity contribution in [3.05, 3.63) is 0 Å². The van der Waals surface area contributed by atoms with Crippen LogP contribution >= 0.6 is 0 Å². The molecule has 0 radical (unpaired) electrons. The summed E-state index contributed by atoms with van der Waals surface area (Å²) in [6, 6.07) is 0. The third-order valence-corrected chi connectivity index (χ3v) is 5.76. The molecule has 16 heavy (non-hydrogen) atoms. The summed E-state index contributed by atoms with van der Waals surface area (Å²) in [7, 11) is 0. The van der Waals surface area contributed by atoms with Crippen LogP contribution in [0.2, 0.25) is 0 Å². The lowest BCUT2D eigenvalue weighted by molar-refractivity contribution is 0.0710. The van der Waals surface area contributed by atoms with E-state index in [-0.39, 0.29) is 0 Å². The zero-order valence-electron chi connectivity index (χ0n) is 11.7. The van der Waals surface area contributed by atoms with Gasteiger partial charge in [0.2, 0.25) is 0 Å². The molecule has 0 aliphatic heterocycles. The van der Waals surface area contributed by atoms with Gasteiger partial charge in [-0.05, 0) is 61.2 Å². The van der Waals surface area contributed by atoms with E-state index < -0.39 is 0 Å². The van der Waals surface area contributed by atoms with E-state index in [0.717, 1.165) is 35.5 Å². The van der Waals surface area contributed by atoms with Gasteiger partial charge in [0, 0.05) is 0 Å². The summed E-state index contributed by atoms with van der Waals surface area (Å²) in [6.07, 6.45) is 9.05. The Labute approximate surface area is 102 Å². The molecule has 0 bridgehead atoms. The average Bonchev–Trinajstić information content (AvgIpc) is 2.25. The SMILES string of the molecule is CC1CCC(C2CC(C)C(C)CC2C)CC1. The molecular formula is C16H30. The number of hydrogen-bond acceptors (Lipinski definition) is 0. The van der Waals surface area contributed by atoms with E-state index in [9.17, 15) is 0 Å². The van der Waals surface area contributed by atoms with Gasteiger partial charge >= 0.3 is 0 Å². The van der Waals surface area contributed by atoms with Gasteiger partial charge in [0.05, 0.1) is 0 Å². The molecule has 0 saturated heterocycles. The lowest BCUT2D eigenvalue weighted by Crippen LogP contribution is -2.34. The fourth-order valence-corrected chi connectivity index (χ4v) is 4.26. The lowest BCUT2D eigenvalue weighted by Gasteiger charge is -2.43. The molecule has 0 aromatic heterocycles. The van der Waals surface area contributed by atoms with E-state index >= 15 is 0 Å². The third-order valence-electron chi connectivity index (χ3n) is 5.76. The van der Waals surface area contributed by atoms with Gasteiger partial charge in [-0.1, -0.05) is 40.5 Å². The van der Waals surface area contributed by atoms with Crippen molar-refractivity contribution in [2.75, 3.05) is 0 Å². The molecule has 4 unspecified atom stereocenters. The Hall–Kier alpha value is 0. The van der Waals surface area contributed by atoms with Crippen LogP contribution < -0.4 is 0 Å². The molecule has 0 aromatic rings. The maximum Gasteiger partial charge on any atom is -0.0357 e. The minimum absolute atomic E-state index is 0.966. The number of hydrogen-bond donors (Lipinski definition) is 0. The minimum atomic E-state index is 0.966. The van der Waals surface area contributed by atoms with Crippen LogP contribution in [-0.2, 0) is 0 Å². The zero-order chi connectivity index (χ0) is 11.7. The van der Waals surface area contributed by atoms with E-state index in [1.54, 1.807) is 0 Å². The summed E-state index contributed by atoms with van der Waals surface area (Å²) >= 11 is 0. The molecule has 4 atom stereocenters. The van der Waals surface area contributed by atoms with Crippen molar-refractivity contribution in [1.29, 1.82) is 0 Å². The Balaban J connectivity index is 1.93. The van der Waals surface area contributed by atoms with Crippen molar-refractivity contribution in [3.63, 3.8) is 0 Å². The molecule has 0 aromatic carbocycles. The maximum atomic E-state index is 2.52. The van der Waals surface area contributed by atoms with E-state index in [4.69, 9.17) is 0 Å². The van der Waals surface area contributed by atoms with E-state index in [1.165, 1.54) is 38.5 Å². The summed E-state index contributed by atoms with van der Waals surface area (Å²) in [5.74, 6) is 6.06. The molecule has 0 heteroatoms. The van der Waals surface area contributed by atoms with Crippen LogP contribution in [0.1, 0.15) is 66.2 Å². The van der Waals surface area contributed by atoms with E-state index in [0.29, 0.717) is 0 Å². The first-order valence-corrected chi connectivity index (χ1v) is 7.58. The molecule has 2 fully saturated rings. The predicted molar refractivity (Wildman–Crippen MR) is 71.3 cm³/mol. The molecule has 0 amide bonds. The molecule has 2 rings (SSSR count). The normalized spacial score (nSPS) is 50.2. The highest BCUT2D eigenvalue weighted by molar-refractivity contribution is 4.86. The lowest BCUT2D eigenvalue weighted by atomic mass is 9.62. The number of rotatable bonds is 1. The average molecular weight is 222 g/mol. The van der Waals surface area contributed by atoms with Gasteiger partial charge in [0.25, 0.3) is 0 Å². The van der Waals surface area contributed by atoms with Crippen LogP contribution in [0.15, 0.2) is 0 Å². The van der Waals surface area contributed by atoms with Crippen LogP contribution in [0, 0.1) is 35.5 Å². The topological polar surface area (TPSA) is 0 Å². The van der Waals surface area contributed by atoms with Gasteiger partial charge in [0.15, 0.2) is 0 Å². The second-order valence-electron chi connectivity index (χ2n) is 7.09. The quantitative estimate of drug-likeness (QED) is 0.577. The molecule has 0 nitrogen and oxygen atoms in total. The van der Waals surface area contributed by atoms with Gasteiger partial charge < -0.3 is 0 Å². The van der Waals surface area contributed by atoms with Crippen LogP contribution in [0.25, 0.3) is 0 Å². The minimum Gasteiger partial charge on any atom is -0.0625 e. The fourth-order valence-electron chi connectivity index (χ4n) is 4.26. The standard InChI is InChI=1S/C16H30/c1-11-5-7-15(8-6-11)16-10-13(3)12(2)9-14(16)4/h11-16H,5-10H2,1-4H3. The summed E-state index contributed by atoms with van der Waals surface area (Å²) in [6.45, 7) is 9.89. The van der Waals surface area contributed by atoms with Gasteiger partial charge in [-0.3, -0.25) is 0 Å². The van der Waals surface area contributed by atoms with Crippen LogP contribution in [-0.4, -0.2) is 0 Å².